The van der Waals surface area contributed by atoms with Crippen molar-refractivity contribution in [3.05, 3.63) is 34.9 Å². The number of aryl methyl sites for hydroxylation is 1. The first kappa shape index (κ1) is 13.2. The van der Waals surface area contributed by atoms with Crippen LogP contribution in [-0.4, -0.2) is 17.8 Å². The number of hydrogen-bond donors (Lipinski definition) is 2. The first-order chi connectivity index (χ1) is 7.50. The fourth-order valence-electron chi connectivity index (χ4n) is 1.66. The number of hydrogen-bond acceptors (Lipinski definition) is 2. The normalized spacial score (nSPS) is 13.1. The zero-order chi connectivity index (χ0) is 12.1. The molecule has 0 amide bonds. The van der Waals surface area contributed by atoms with E-state index in [1.807, 2.05) is 0 Å². The Morgan fingerprint density at radius 3 is 2.50 bits per heavy atom. The van der Waals surface area contributed by atoms with Crippen LogP contribution in [0.15, 0.2) is 18.2 Å². The van der Waals surface area contributed by atoms with Gasteiger partial charge in [0, 0.05) is 13.1 Å². The van der Waals surface area contributed by atoms with Crippen LogP contribution < -0.4 is 5.32 Å². The lowest BCUT2D eigenvalue weighted by atomic mass is 9.98. The average molecular weight is 221 g/mol. The van der Waals surface area contributed by atoms with E-state index in [4.69, 9.17) is 0 Å². The summed E-state index contributed by atoms with van der Waals surface area (Å²) >= 11 is 0. The zero-order valence-corrected chi connectivity index (χ0v) is 10.7. The van der Waals surface area contributed by atoms with Crippen molar-refractivity contribution < 1.29 is 5.11 Å². The number of rotatable bonds is 5. The van der Waals surface area contributed by atoms with Gasteiger partial charge in [0.1, 0.15) is 0 Å². The average Bonchev–Trinajstić information content (AvgIpc) is 2.20. The topological polar surface area (TPSA) is 32.3 Å². The monoisotopic (exact) mass is 221 g/mol. The number of benzene rings is 1. The first-order valence-corrected chi connectivity index (χ1v) is 5.99. The first-order valence-electron chi connectivity index (χ1n) is 5.99. The quantitative estimate of drug-likeness (QED) is 0.801. The van der Waals surface area contributed by atoms with E-state index in [1.165, 1.54) is 16.7 Å². The van der Waals surface area contributed by atoms with Crippen LogP contribution in [0, 0.1) is 6.92 Å². The molecule has 90 valence electrons. The standard InChI is InChI=1S/C14H23NO/c1-10(2)13-6-5-11(3)14(7-13)9-15-8-12(4)16/h5-7,10,12,15-16H,8-9H2,1-4H3. The number of aliphatic hydroxyl groups is 1. The molecule has 2 heteroatoms. The molecule has 0 aromatic heterocycles. The molecule has 1 rings (SSSR count). The maximum atomic E-state index is 9.18. The van der Waals surface area contributed by atoms with E-state index in [0.717, 1.165) is 6.54 Å². The Kier molecular flexibility index (Phi) is 4.97. The Hall–Kier alpha value is -0.860. The van der Waals surface area contributed by atoms with Gasteiger partial charge in [-0.2, -0.15) is 0 Å². The number of aliphatic hydroxyl groups excluding tert-OH is 1. The van der Waals surface area contributed by atoms with Gasteiger partial charge in [-0.1, -0.05) is 32.0 Å². The molecule has 16 heavy (non-hydrogen) atoms. The molecule has 0 spiro atoms. The minimum Gasteiger partial charge on any atom is -0.392 e. The van der Waals surface area contributed by atoms with Gasteiger partial charge in [0.25, 0.3) is 0 Å². The molecule has 0 bridgehead atoms. The van der Waals surface area contributed by atoms with Gasteiger partial charge in [-0.25, -0.2) is 0 Å². The molecule has 1 atom stereocenters. The lowest BCUT2D eigenvalue weighted by Crippen LogP contribution is -2.24. The Morgan fingerprint density at radius 2 is 1.94 bits per heavy atom. The summed E-state index contributed by atoms with van der Waals surface area (Å²) in [4.78, 5) is 0. The van der Waals surface area contributed by atoms with Gasteiger partial charge in [-0.15, -0.1) is 0 Å². The second-order valence-electron chi connectivity index (χ2n) is 4.82. The van der Waals surface area contributed by atoms with Gasteiger partial charge in [0.15, 0.2) is 0 Å². The molecule has 1 unspecified atom stereocenters. The Bertz CT molecular complexity index is 332. The van der Waals surface area contributed by atoms with Crippen LogP contribution in [-0.2, 0) is 6.54 Å². The van der Waals surface area contributed by atoms with Crippen molar-refractivity contribution in [3.63, 3.8) is 0 Å². The highest BCUT2D eigenvalue weighted by Crippen LogP contribution is 2.18. The van der Waals surface area contributed by atoms with E-state index in [9.17, 15) is 5.11 Å². The molecule has 0 aliphatic carbocycles. The molecule has 0 heterocycles. The molecule has 0 fully saturated rings. The second kappa shape index (κ2) is 6.02. The third-order valence-electron chi connectivity index (χ3n) is 2.80. The third-order valence-corrected chi connectivity index (χ3v) is 2.80. The third kappa shape index (κ3) is 3.95. The van der Waals surface area contributed by atoms with Crippen molar-refractivity contribution in [3.8, 4) is 0 Å². The summed E-state index contributed by atoms with van der Waals surface area (Å²) in [7, 11) is 0. The van der Waals surface area contributed by atoms with Gasteiger partial charge in [-0.3, -0.25) is 0 Å². The van der Waals surface area contributed by atoms with E-state index in [1.54, 1.807) is 6.92 Å². The maximum Gasteiger partial charge on any atom is 0.0636 e. The summed E-state index contributed by atoms with van der Waals surface area (Å²) in [6, 6.07) is 6.63. The highest BCUT2D eigenvalue weighted by atomic mass is 16.3. The van der Waals surface area contributed by atoms with Crippen molar-refractivity contribution in [2.24, 2.45) is 0 Å². The lowest BCUT2D eigenvalue weighted by Gasteiger charge is -2.12. The minimum atomic E-state index is -0.284. The van der Waals surface area contributed by atoms with Crippen LogP contribution in [0.2, 0.25) is 0 Å². The summed E-state index contributed by atoms with van der Waals surface area (Å²) < 4.78 is 0. The fraction of sp³-hybridized carbons (Fsp3) is 0.571. The van der Waals surface area contributed by atoms with Crippen molar-refractivity contribution >= 4 is 0 Å². The summed E-state index contributed by atoms with van der Waals surface area (Å²) in [5.74, 6) is 0.566. The Morgan fingerprint density at radius 1 is 1.25 bits per heavy atom. The molecule has 0 aliphatic heterocycles. The fourth-order valence-corrected chi connectivity index (χ4v) is 1.66. The van der Waals surface area contributed by atoms with E-state index < -0.39 is 0 Å². The smallest absolute Gasteiger partial charge is 0.0636 e. The van der Waals surface area contributed by atoms with Gasteiger partial charge in [0.05, 0.1) is 6.10 Å². The van der Waals surface area contributed by atoms with Crippen molar-refractivity contribution in [2.75, 3.05) is 6.54 Å². The van der Waals surface area contributed by atoms with E-state index in [2.05, 4.69) is 44.3 Å². The molecule has 1 aromatic rings. The molecule has 0 saturated carbocycles. The van der Waals surface area contributed by atoms with E-state index >= 15 is 0 Å². The van der Waals surface area contributed by atoms with Gasteiger partial charge < -0.3 is 10.4 Å². The molecule has 0 aliphatic rings. The lowest BCUT2D eigenvalue weighted by molar-refractivity contribution is 0.191. The van der Waals surface area contributed by atoms with Crippen LogP contribution >= 0.6 is 0 Å². The predicted molar refractivity (Wildman–Crippen MR) is 68.7 cm³/mol. The van der Waals surface area contributed by atoms with Crippen molar-refractivity contribution in [1.29, 1.82) is 0 Å². The molecule has 2 nitrogen and oxygen atoms in total. The predicted octanol–water partition coefficient (Wildman–Crippen LogP) is 2.59. The summed E-state index contributed by atoms with van der Waals surface area (Å²) in [6.07, 6.45) is -0.284. The highest BCUT2D eigenvalue weighted by Gasteiger charge is 2.04. The second-order valence-corrected chi connectivity index (χ2v) is 4.82. The van der Waals surface area contributed by atoms with Crippen molar-refractivity contribution in [1.82, 2.24) is 5.32 Å². The van der Waals surface area contributed by atoms with Crippen LogP contribution in [0.3, 0.4) is 0 Å². The molecular formula is C14H23NO. The number of nitrogens with one attached hydrogen (secondary N) is 1. The van der Waals surface area contributed by atoms with Gasteiger partial charge in [-0.05, 0) is 36.5 Å². The molecule has 2 N–H and O–H groups in total. The van der Waals surface area contributed by atoms with Crippen LogP contribution in [0.25, 0.3) is 0 Å². The highest BCUT2D eigenvalue weighted by molar-refractivity contribution is 5.32. The van der Waals surface area contributed by atoms with Crippen LogP contribution in [0.4, 0.5) is 0 Å². The van der Waals surface area contributed by atoms with Crippen LogP contribution in [0.5, 0.6) is 0 Å². The minimum absolute atomic E-state index is 0.284. The molecule has 1 aromatic carbocycles. The maximum absolute atomic E-state index is 9.18. The summed E-state index contributed by atoms with van der Waals surface area (Å²) in [5.41, 5.74) is 4.01. The van der Waals surface area contributed by atoms with Crippen molar-refractivity contribution in [2.45, 2.75) is 46.3 Å². The Balaban J connectivity index is 2.67. The molecule has 0 saturated heterocycles. The Labute approximate surface area is 98.7 Å². The van der Waals surface area contributed by atoms with Gasteiger partial charge >= 0.3 is 0 Å². The summed E-state index contributed by atoms with van der Waals surface area (Å²) in [5, 5.41) is 12.4. The largest absolute Gasteiger partial charge is 0.392 e. The van der Waals surface area contributed by atoms with E-state index in [0.29, 0.717) is 12.5 Å². The SMILES string of the molecule is Cc1ccc(C(C)C)cc1CNCC(C)O. The molecule has 0 radical (unpaired) electrons. The zero-order valence-electron chi connectivity index (χ0n) is 10.7. The molecular weight excluding hydrogens is 198 g/mol. The van der Waals surface area contributed by atoms with E-state index in [-0.39, 0.29) is 6.10 Å². The van der Waals surface area contributed by atoms with Gasteiger partial charge in [0.2, 0.25) is 0 Å². The summed E-state index contributed by atoms with van der Waals surface area (Å²) in [6.45, 7) is 9.81. The van der Waals surface area contributed by atoms with Crippen LogP contribution in [0.1, 0.15) is 43.4 Å².